The molecular formula is C11H23NOS. The second-order valence-corrected chi connectivity index (χ2v) is 4.41. The Balaban J connectivity index is 0.000000791. The van der Waals surface area contributed by atoms with Gasteiger partial charge in [-0.1, -0.05) is 32.5 Å². The third-order valence-corrected chi connectivity index (χ3v) is 3.41. The van der Waals surface area contributed by atoms with Crippen LogP contribution in [0.1, 0.15) is 40.0 Å². The van der Waals surface area contributed by atoms with E-state index in [0.717, 1.165) is 25.1 Å². The van der Waals surface area contributed by atoms with E-state index in [0.29, 0.717) is 5.12 Å². The van der Waals surface area contributed by atoms with Gasteiger partial charge >= 0.3 is 0 Å². The number of likely N-dealkylation sites (tertiary alicyclic amines) is 1. The monoisotopic (exact) mass is 217 g/mol. The summed E-state index contributed by atoms with van der Waals surface area (Å²) < 4.78 is 0. The van der Waals surface area contributed by atoms with Crippen LogP contribution < -0.4 is 0 Å². The van der Waals surface area contributed by atoms with Gasteiger partial charge in [0.25, 0.3) is 0 Å². The van der Waals surface area contributed by atoms with Gasteiger partial charge in [-0.25, -0.2) is 0 Å². The summed E-state index contributed by atoms with van der Waals surface area (Å²) in [5.41, 5.74) is 0. The minimum absolute atomic E-state index is 0.210. The van der Waals surface area contributed by atoms with Crippen molar-refractivity contribution in [1.29, 1.82) is 0 Å². The zero-order valence-electron chi connectivity index (χ0n) is 9.88. The first-order valence-corrected chi connectivity index (χ1v) is 6.61. The molecule has 0 amide bonds. The highest BCUT2D eigenvalue weighted by atomic mass is 32.2. The van der Waals surface area contributed by atoms with Crippen LogP contribution in [0.4, 0.5) is 0 Å². The van der Waals surface area contributed by atoms with Crippen molar-refractivity contribution in [3.05, 3.63) is 0 Å². The van der Waals surface area contributed by atoms with Gasteiger partial charge in [0.1, 0.15) is 0 Å². The van der Waals surface area contributed by atoms with Crippen molar-refractivity contribution in [3.63, 3.8) is 0 Å². The molecule has 0 aromatic heterocycles. The topological polar surface area (TPSA) is 20.3 Å². The number of thioether (sulfide) groups is 1. The summed E-state index contributed by atoms with van der Waals surface area (Å²) in [7, 11) is 2.04. The fourth-order valence-corrected chi connectivity index (χ4v) is 2.40. The molecule has 0 spiro atoms. The number of carbonyl (C=O) groups is 1. The summed E-state index contributed by atoms with van der Waals surface area (Å²) in [6, 6.07) is 0.210. The van der Waals surface area contributed by atoms with Crippen molar-refractivity contribution >= 4 is 16.9 Å². The molecule has 0 aromatic rings. The highest BCUT2D eigenvalue weighted by Crippen LogP contribution is 2.20. The fourth-order valence-electron chi connectivity index (χ4n) is 1.51. The maximum absolute atomic E-state index is 11.5. The van der Waals surface area contributed by atoms with Crippen LogP contribution in [-0.2, 0) is 4.79 Å². The third kappa shape index (κ3) is 4.47. The van der Waals surface area contributed by atoms with Gasteiger partial charge in [-0.15, -0.1) is 0 Å². The van der Waals surface area contributed by atoms with Crippen molar-refractivity contribution in [2.75, 3.05) is 19.3 Å². The summed E-state index contributed by atoms with van der Waals surface area (Å²) in [5, 5.41) is 0.372. The van der Waals surface area contributed by atoms with Crippen LogP contribution in [0.5, 0.6) is 0 Å². The van der Waals surface area contributed by atoms with E-state index in [1.807, 2.05) is 20.9 Å². The maximum Gasteiger partial charge on any atom is 0.206 e. The molecule has 0 aromatic carbocycles. The highest BCUT2D eigenvalue weighted by Gasteiger charge is 2.27. The smallest absolute Gasteiger partial charge is 0.206 e. The Kier molecular flexibility index (Phi) is 8.29. The Hall–Kier alpha value is -0.0200. The molecule has 1 saturated heterocycles. The largest absolute Gasteiger partial charge is 0.296 e. The first-order valence-electron chi connectivity index (χ1n) is 5.62. The molecule has 1 unspecified atom stereocenters. The van der Waals surface area contributed by atoms with E-state index in [9.17, 15) is 4.79 Å². The van der Waals surface area contributed by atoms with Gasteiger partial charge in [0.05, 0.1) is 6.04 Å². The average molecular weight is 217 g/mol. The van der Waals surface area contributed by atoms with E-state index in [1.54, 1.807) is 0 Å². The maximum atomic E-state index is 11.5. The SMILES string of the molecule is CC.CCCSC(=O)C1CCCN1C. The molecule has 0 N–H and O–H groups in total. The fraction of sp³-hybridized carbons (Fsp3) is 0.909. The van der Waals surface area contributed by atoms with Crippen molar-refractivity contribution in [2.24, 2.45) is 0 Å². The predicted molar refractivity (Wildman–Crippen MR) is 64.8 cm³/mol. The zero-order valence-corrected chi connectivity index (χ0v) is 10.7. The lowest BCUT2D eigenvalue weighted by Gasteiger charge is -2.16. The number of carbonyl (C=O) groups excluding carboxylic acids is 1. The molecule has 1 rings (SSSR count). The van der Waals surface area contributed by atoms with E-state index in [4.69, 9.17) is 0 Å². The van der Waals surface area contributed by atoms with Crippen molar-refractivity contribution in [2.45, 2.75) is 46.1 Å². The van der Waals surface area contributed by atoms with Gasteiger partial charge in [0.15, 0.2) is 0 Å². The van der Waals surface area contributed by atoms with Crippen LogP contribution in [0.3, 0.4) is 0 Å². The van der Waals surface area contributed by atoms with Crippen molar-refractivity contribution in [3.8, 4) is 0 Å². The Morgan fingerprint density at radius 3 is 2.57 bits per heavy atom. The van der Waals surface area contributed by atoms with Crippen LogP contribution in [0.25, 0.3) is 0 Å². The first-order chi connectivity index (χ1) is 6.75. The second kappa shape index (κ2) is 8.30. The van der Waals surface area contributed by atoms with Gasteiger partial charge in [-0.05, 0) is 32.9 Å². The summed E-state index contributed by atoms with van der Waals surface area (Å²) in [5.74, 6) is 0.975. The van der Waals surface area contributed by atoms with E-state index >= 15 is 0 Å². The molecule has 84 valence electrons. The molecule has 1 aliphatic heterocycles. The van der Waals surface area contributed by atoms with Gasteiger partial charge in [0.2, 0.25) is 5.12 Å². The highest BCUT2D eigenvalue weighted by molar-refractivity contribution is 8.13. The predicted octanol–water partition coefficient (Wildman–Crippen LogP) is 2.78. The molecule has 14 heavy (non-hydrogen) atoms. The van der Waals surface area contributed by atoms with Crippen LogP contribution in [-0.4, -0.2) is 35.4 Å². The lowest BCUT2D eigenvalue weighted by atomic mass is 10.2. The van der Waals surface area contributed by atoms with Crippen molar-refractivity contribution < 1.29 is 4.79 Å². The Morgan fingerprint density at radius 2 is 2.14 bits per heavy atom. The minimum atomic E-state index is 0.210. The van der Waals surface area contributed by atoms with E-state index in [2.05, 4.69) is 11.8 Å². The Bertz CT molecular complexity index is 161. The summed E-state index contributed by atoms with van der Waals surface area (Å²) in [6.45, 7) is 7.20. The Labute approximate surface area is 92.4 Å². The lowest BCUT2D eigenvalue weighted by Crippen LogP contribution is -2.31. The van der Waals surface area contributed by atoms with E-state index in [-0.39, 0.29) is 6.04 Å². The third-order valence-electron chi connectivity index (χ3n) is 2.24. The lowest BCUT2D eigenvalue weighted by molar-refractivity contribution is -0.114. The molecule has 0 saturated carbocycles. The quantitative estimate of drug-likeness (QED) is 0.725. The molecule has 0 radical (unpaired) electrons. The number of nitrogens with zero attached hydrogens (tertiary/aromatic N) is 1. The average Bonchev–Trinajstić information content (AvgIpc) is 2.64. The molecule has 0 aliphatic carbocycles. The van der Waals surface area contributed by atoms with Crippen LogP contribution in [0, 0.1) is 0 Å². The first kappa shape index (κ1) is 14.0. The second-order valence-electron chi connectivity index (χ2n) is 3.31. The number of hydrogen-bond donors (Lipinski definition) is 0. The van der Waals surface area contributed by atoms with Crippen molar-refractivity contribution in [1.82, 2.24) is 4.90 Å². The zero-order chi connectivity index (χ0) is 11.0. The molecule has 2 nitrogen and oxygen atoms in total. The van der Waals surface area contributed by atoms with Crippen LogP contribution in [0.15, 0.2) is 0 Å². The molecule has 1 fully saturated rings. The number of likely N-dealkylation sites (N-methyl/N-ethyl adjacent to an activating group) is 1. The summed E-state index contributed by atoms with van der Waals surface area (Å²) in [4.78, 5) is 13.7. The molecule has 3 heteroatoms. The molecule has 1 atom stereocenters. The molecule has 0 bridgehead atoms. The normalized spacial score (nSPS) is 21.6. The molecular weight excluding hydrogens is 194 g/mol. The van der Waals surface area contributed by atoms with E-state index in [1.165, 1.54) is 18.2 Å². The standard InChI is InChI=1S/C9H17NOS.C2H6/c1-3-7-12-9(11)8-5-4-6-10(8)2;1-2/h8H,3-7H2,1-2H3;1-2H3. The van der Waals surface area contributed by atoms with Gasteiger partial charge in [-0.2, -0.15) is 0 Å². The molecule has 1 aliphatic rings. The number of rotatable bonds is 3. The molecule has 1 heterocycles. The summed E-state index contributed by atoms with van der Waals surface area (Å²) >= 11 is 1.50. The number of hydrogen-bond acceptors (Lipinski definition) is 3. The Morgan fingerprint density at radius 1 is 1.50 bits per heavy atom. The van der Waals surface area contributed by atoms with Gasteiger partial charge in [-0.3, -0.25) is 9.69 Å². The van der Waals surface area contributed by atoms with Crippen LogP contribution in [0.2, 0.25) is 0 Å². The van der Waals surface area contributed by atoms with Gasteiger partial charge < -0.3 is 0 Å². The van der Waals surface area contributed by atoms with E-state index < -0.39 is 0 Å². The van der Waals surface area contributed by atoms with Crippen LogP contribution >= 0.6 is 11.8 Å². The van der Waals surface area contributed by atoms with Gasteiger partial charge in [0, 0.05) is 5.75 Å². The summed E-state index contributed by atoms with van der Waals surface area (Å²) in [6.07, 6.45) is 3.33. The minimum Gasteiger partial charge on any atom is -0.296 e.